The molecule has 0 bridgehead atoms. The third kappa shape index (κ3) is 3.86. The lowest BCUT2D eigenvalue weighted by molar-refractivity contribution is 0.462. The lowest BCUT2D eigenvalue weighted by Gasteiger charge is -2.18. The number of benzene rings is 2. The Morgan fingerprint density at radius 3 is 2.19 bits per heavy atom. The predicted molar refractivity (Wildman–Crippen MR) is 92.1 cm³/mol. The fourth-order valence-electron chi connectivity index (χ4n) is 2.30. The highest BCUT2D eigenvalue weighted by molar-refractivity contribution is 9.10. The summed E-state index contributed by atoms with van der Waals surface area (Å²) in [6.45, 7) is 8.38. The van der Waals surface area contributed by atoms with Crippen molar-refractivity contribution in [3.63, 3.8) is 0 Å². The second-order valence-corrected chi connectivity index (χ2v) is 6.68. The predicted octanol–water partition coefficient (Wildman–Crippen LogP) is 5.69. The fraction of sp³-hybridized carbons (Fsp3) is 0.333. The number of hydrogen-bond acceptors (Lipinski definition) is 2. The first-order chi connectivity index (χ1) is 9.88. The van der Waals surface area contributed by atoms with E-state index in [9.17, 15) is 0 Å². The van der Waals surface area contributed by atoms with Gasteiger partial charge in [0.05, 0.1) is 0 Å². The van der Waals surface area contributed by atoms with Crippen molar-refractivity contribution in [2.24, 2.45) is 5.73 Å². The van der Waals surface area contributed by atoms with E-state index in [1.165, 1.54) is 11.1 Å². The van der Waals surface area contributed by atoms with Crippen molar-refractivity contribution in [2.45, 2.75) is 39.7 Å². The Morgan fingerprint density at radius 1 is 0.952 bits per heavy atom. The molecular formula is C18H22BrNO. The van der Waals surface area contributed by atoms with Gasteiger partial charge < -0.3 is 10.5 Å². The summed E-state index contributed by atoms with van der Waals surface area (Å²) < 4.78 is 7.20. The first-order valence-electron chi connectivity index (χ1n) is 7.22. The van der Waals surface area contributed by atoms with E-state index in [4.69, 9.17) is 10.5 Å². The molecule has 0 saturated carbocycles. The van der Waals surface area contributed by atoms with Crippen molar-refractivity contribution in [2.75, 3.05) is 0 Å². The van der Waals surface area contributed by atoms with E-state index in [2.05, 4.69) is 54.9 Å². The van der Waals surface area contributed by atoms with Crippen molar-refractivity contribution in [1.29, 1.82) is 0 Å². The van der Waals surface area contributed by atoms with Gasteiger partial charge in [0.15, 0.2) is 0 Å². The summed E-state index contributed by atoms with van der Waals surface area (Å²) in [6.07, 6.45) is 0. The summed E-state index contributed by atoms with van der Waals surface area (Å²) in [6, 6.07) is 12.3. The number of ether oxygens (including phenoxy) is 1. The van der Waals surface area contributed by atoms with Crippen LogP contribution in [0.15, 0.2) is 40.9 Å². The van der Waals surface area contributed by atoms with Gasteiger partial charge in [-0.15, -0.1) is 0 Å². The average molecular weight is 348 g/mol. The van der Waals surface area contributed by atoms with Gasteiger partial charge in [-0.3, -0.25) is 0 Å². The maximum atomic E-state index is 6.21. The van der Waals surface area contributed by atoms with E-state index in [1.54, 1.807) is 0 Å². The minimum Gasteiger partial charge on any atom is -0.457 e. The Hall–Kier alpha value is -1.32. The van der Waals surface area contributed by atoms with E-state index in [0.717, 1.165) is 21.5 Å². The molecule has 2 N–H and O–H groups in total. The largest absolute Gasteiger partial charge is 0.457 e. The maximum absolute atomic E-state index is 6.21. The highest BCUT2D eigenvalue weighted by Gasteiger charge is 2.13. The Balaban J connectivity index is 2.47. The monoisotopic (exact) mass is 347 g/mol. The summed E-state index contributed by atoms with van der Waals surface area (Å²) >= 11 is 3.50. The van der Waals surface area contributed by atoms with Crippen LogP contribution in [-0.2, 0) is 0 Å². The number of halogens is 1. The van der Waals surface area contributed by atoms with Crippen LogP contribution in [0.5, 0.6) is 11.5 Å². The van der Waals surface area contributed by atoms with Gasteiger partial charge in [0, 0.05) is 16.1 Å². The quantitative estimate of drug-likeness (QED) is 0.770. The van der Waals surface area contributed by atoms with E-state index in [0.29, 0.717) is 5.92 Å². The van der Waals surface area contributed by atoms with Crippen LogP contribution in [0.25, 0.3) is 0 Å². The molecule has 0 aliphatic rings. The van der Waals surface area contributed by atoms with E-state index < -0.39 is 0 Å². The maximum Gasteiger partial charge on any atom is 0.133 e. The van der Waals surface area contributed by atoms with Crippen LogP contribution in [0.3, 0.4) is 0 Å². The Morgan fingerprint density at radius 2 is 1.57 bits per heavy atom. The number of nitrogens with two attached hydrogens (primary N) is 1. The molecule has 112 valence electrons. The minimum absolute atomic E-state index is 0.0691. The molecule has 0 radical (unpaired) electrons. The molecule has 2 nitrogen and oxygen atoms in total. The molecule has 0 spiro atoms. The molecule has 2 rings (SSSR count). The normalized spacial score (nSPS) is 12.5. The van der Waals surface area contributed by atoms with E-state index in [-0.39, 0.29) is 6.04 Å². The standard InChI is InChI=1S/C18H22BrNO/c1-11(2)15-7-5-12(3)9-17(15)21-18-10-14(19)6-8-16(18)13(4)20/h5-11,13H,20H2,1-4H3. The van der Waals surface area contributed by atoms with Crippen molar-refractivity contribution >= 4 is 15.9 Å². The summed E-state index contributed by atoms with van der Waals surface area (Å²) in [4.78, 5) is 0. The van der Waals surface area contributed by atoms with Gasteiger partial charge in [0.25, 0.3) is 0 Å². The first-order valence-corrected chi connectivity index (χ1v) is 8.01. The molecule has 0 aliphatic carbocycles. The van der Waals surface area contributed by atoms with Crippen LogP contribution in [0.1, 0.15) is 49.4 Å². The smallest absolute Gasteiger partial charge is 0.133 e. The number of rotatable bonds is 4. The molecule has 0 fully saturated rings. The van der Waals surface area contributed by atoms with E-state index in [1.807, 2.05) is 25.1 Å². The van der Waals surface area contributed by atoms with Crippen LogP contribution in [0.4, 0.5) is 0 Å². The van der Waals surface area contributed by atoms with Gasteiger partial charge in [-0.2, -0.15) is 0 Å². The third-order valence-electron chi connectivity index (χ3n) is 3.48. The molecule has 0 saturated heterocycles. The van der Waals surface area contributed by atoms with Gasteiger partial charge in [-0.1, -0.05) is 48.0 Å². The number of aryl methyl sites for hydroxylation is 1. The Bertz CT molecular complexity index is 580. The van der Waals surface area contributed by atoms with Crippen LogP contribution in [0, 0.1) is 6.92 Å². The third-order valence-corrected chi connectivity index (χ3v) is 3.97. The van der Waals surface area contributed by atoms with Crippen LogP contribution in [-0.4, -0.2) is 0 Å². The van der Waals surface area contributed by atoms with Gasteiger partial charge in [-0.25, -0.2) is 0 Å². The number of hydrogen-bond donors (Lipinski definition) is 1. The SMILES string of the molecule is Cc1ccc(C(C)C)c(Oc2cc(Br)ccc2C(C)N)c1. The molecule has 0 aromatic heterocycles. The van der Waals surface area contributed by atoms with Crippen molar-refractivity contribution in [3.8, 4) is 11.5 Å². The fourth-order valence-corrected chi connectivity index (χ4v) is 2.64. The van der Waals surface area contributed by atoms with Crippen molar-refractivity contribution in [1.82, 2.24) is 0 Å². The van der Waals surface area contributed by atoms with E-state index >= 15 is 0 Å². The molecular weight excluding hydrogens is 326 g/mol. The van der Waals surface area contributed by atoms with Crippen molar-refractivity contribution in [3.05, 3.63) is 57.6 Å². The van der Waals surface area contributed by atoms with Crippen LogP contribution < -0.4 is 10.5 Å². The average Bonchev–Trinajstić information content (AvgIpc) is 2.38. The second-order valence-electron chi connectivity index (χ2n) is 5.77. The van der Waals surface area contributed by atoms with Gasteiger partial charge >= 0.3 is 0 Å². The van der Waals surface area contributed by atoms with Crippen LogP contribution in [0.2, 0.25) is 0 Å². The lowest BCUT2D eigenvalue weighted by atomic mass is 10.0. The molecule has 3 heteroatoms. The highest BCUT2D eigenvalue weighted by Crippen LogP contribution is 2.35. The molecule has 2 aromatic rings. The molecule has 2 aromatic carbocycles. The summed E-state index contributed by atoms with van der Waals surface area (Å²) in [7, 11) is 0. The van der Waals surface area contributed by atoms with Crippen molar-refractivity contribution < 1.29 is 4.74 Å². The van der Waals surface area contributed by atoms with Crippen LogP contribution >= 0.6 is 15.9 Å². The zero-order valence-electron chi connectivity index (χ0n) is 13.0. The zero-order valence-corrected chi connectivity index (χ0v) is 14.6. The molecule has 1 unspecified atom stereocenters. The molecule has 0 aliphatic heterocycles. The molecule has 21 heavy (non-hydrogen) atoms. The summed E-state index contributed by atoms with van der Waals surface area (Å²) in [5.74, 6) is 2.13. The topological polar surface area (TPSA) is 35.2 Å². The molecule has 0 heterocycles. The zero-order chi connectivity index (χ0) is 15.6. The van der Waals surface area contributed by atoms with Gasteiger partial charge in [0.1, 0.15) is 11.5 Å². The molecule has 1 atom stereocenters. The first kappa shape index (κ1) is 16.1. The summed E-state index contributed by atoms with van der Waals surface area (Å²) in [5, 5.41) is 0. The molecule has 0 amide bonds. The Labute approximate surface area is 135 Å². The minimum atomic E-state index is -0.0691. The van der Waals surface area contributed by atoms with Gasteiger partial charge in [0.2, 0.25) is 0 Å². The lowest BCUT2D eigenvalue weighted by Crippen LogP contribution is -2.07. The summed E-state index contributed by atoms with van der Waals surface area (Å²) in [5.41, 5.74) is 9.45. The second kappa shape index (κ2) is 6.63. The Kier molecular flexibility index (Phi) is 5.07. The van der Waals surface area contributed by atoms with Gasteiger partial charge in [-0.05, 0) is 49.1 Å². The highest BCUT2D eigenvalue weighted by atomic mass is 79.9.